The predicted octanol–water partition coefficient (Wildman–Crippen LogP) is -0.519. The Balaban J connectivity index is 3.29. The van der Waals surface area contributed by atoms with E-state index in [1.807, 2.05) is 0 Å². The highest BCUT2D eigenvalue weighted by atomic mass is 32.9. The van der Waals surface area contributed by atoms with Gasteiger partial charge in [-0.1, -0.05) is 0 Å². The summed E-state index contributed by atoms with van der Waals surface area (Å²) in [4.78, 5) is 13.9. The Bertz CT molecular complexity index is 341. The molecule has 0 amide bonds. The number of aliphatic imine (C=N–C) groups is 1. The normalized spacial score (nSPS) is 22.4. The van der Waals surface area contributed by atoms with Crippen LogP contribution in [0.5, 0.6) is 0 Å². The van der Waals surface area contributed by atoms with Crippen molar-refractivity contribution in [3.05, 3.63) is 11.1 Å². The van der Waals surface area contributed by atoms with Crippen LogP contribution in [-0.2, 0) is 23.5 Å². The number of carbonyl (C=O) groups is 1. The van der Waals surface area contributed by atoms with Crippen LogP contribution in [0.4, 0.5) is 0 Å². The van der Waals surface area contributed by atoms with E-state index >= 15 is 0 Å². The van der Waals surface area contributed by atoms with Gasteiger partial charge in [0.1, 0.15) is 0 Å². The Morgan fingerprint density at radius 3 is 2.70 bits per heavy atom. The van der Waals surface area contributed by atoms with E-state index < -0.39 is 18.7 Å². The Morgan fingerprint density at radius 2 is 2.30 bits per heavy atom. The van der Waals surface area contributed by atoms with E-state index in [1.165, 1.54) is 11.7 Å². The highest BCUT2D eigenvalue weighted by molar-refractivity contribution is 8.43. The number of hydrogen-bond acceptors (Lipinski definition) is 4. The third kappa shape index (κ3) is 1.22. The number of nitrogens with zero attached hydrogens (tertiary/aromatic N) is 1. The summed E-state index contributed by atoms with van der Waals surface area (Å²) < 4.78 is 20.6. The van der Waals surface area contributed by atoms with Crippen molar-refractivity contribution >= 4 is 30.6 Å². The highest BCUT2D eigenvalue weighted by Crippen LogP contribution is 2.04. The zero-order valence-electron chi connectivity index (χ0n) is 4.72. The summed E-state index contributed by atoms with van der Waals surface area (Å²) in [5.74, 6) is 0. The van der Waals surface area contributed by atoms with Gasteiger partial charge in [0.15, 0.2) is 6.29 Å². The van der Waals surface area contributed by atoms with Crippen molar-refractivity contribution in [3.8, 4) is 0 Å². The summed E-state index contributed by atoms with van der Waals surface area (Å²) >= 11 is 0. The van der Waals surface area contributed by atoms with Gasteiger partial charge in [-0.15, -0.1) is 0 Å². The molecule has 1 aliphatic rings. The second-order valence-electron chi connectivity index (χ2n) is 1.41. The maximum Gasteiger partial charge on any atom is 0.250 e. The molecule has 0 N–H and O–H groups in total. The molecule has 0 fully saturated rings. The molecule has 0 aromatic rings. The van der Waals surface area contributed by atoms with Gasteiger partial charge in [0.05, 0.1) is 10.5 Å². The van der Waals surface area contributed by atoms with Gasteiger partial charge in [0.25, 0.3) is 9.26 Å². The lowest BCUT2D eigenvalue weighted by molar-refractivity contribution is -0.104. The van der Waals surface area contributed by atoms with Crippen molar-refractivity contribution in [2.75, 3.05) is 0 Å². The topological polar surface area (TPSA) is 63.6 Å². The summed E-state index contributed by atoms with van der Waals surface area (Å²) in [6.45, 7) is 0. The van der Waals surface area contributed by atoms with Gasteiger partial charge in [-0.3, -0.25) is 9.79 Å². The lowest BCUT2D eigenvalue weighted by Gasteiger charge is -1.82. The molecule has 0 radical (unpaired) electrons. The Hall–Kier alpha value is -0.750. The van der Waals surface area contributed by atoms with Crippen molar-refractivity contribution < 1.29 is 13.2 Å². The van der Waals surface area contributed by atoms with Crippen molar-refractivity contribution in [3.63, 3.8) is 0 Å². The third-order valence-electron chi connectivity index (χ3n) is 0.853. The average Bonchev–Trinajstić information content (AvgIpc) is 2.33. The minimum atomic E-state index is -2.24. The minimum absolute atomic E-state index is 0.216. The van der Waals surface area contributed by atoms with Gasteiger partial charge in [-0.2, -0.15) is 8.42 Å². The van der Waals surface area contributed by atoms with Gasteiger partial charge in [0, 0.05) is 15.7 Å². The first-order valence-corrected chi connectivity index (χ1v) is 5.15. The van der Waals surface area contributed by atoms with Gasteiger partial charge >= 0.3 is 0 Å². The standard InChI is InChI=1S/C4H3NO3S2/c6-2-4-1-5-3-9(4)10(7)8/h1-3H. The Morgan fingerprint density at radius 1 is 1.60 bits per heavy atom. The van der Waals surface area contributed by atoms with Gasteiger partial charge in [-0.25, -0.2) is 0 Å². The molecule has 0 aromatic heterocycles. The molecule has 1 unspecified atom stereocenters. The molecule has 54 valence electrons. The van der Waals surface area contributed by atoms with Crippen LogP contribution >= 0.6 is 0 Å². The molecule has 0 aromatic carbocycles. The fourth-order valence-corrected chi connectivity index (χ4v) is 2.32. The number of allylic oxidation sites excluding steroid dienone is 1. The SMILES string of the molecule is O=CC1=CN=CS1=S(=O)=O. The smallest absolute Gasteiger partial charge is 0.250 e. The zero-order valence-corrected chi connectivity index (χ0v) is 6.35. The predicted molar refractivity (Wildman–Crippen MR) is 38.9 cm³/mol. The quantitative estimate of drug-likeness (QED) is 0.506. The molecule has 1 rings (SSSR count). The molecular weight excluding hydrogens is 174 g/mol. The van der Waals surface area contributed by atoms with Crippen LogP contribution in [0.1, 0.15) is 0 Å². The zero-order chi connectivity index (χ0) is 7.56. The Labute approximate surface area is 60.4 Å². The van der Waals surface area contributed by atoms with Crippen LogP contribution < -0.4 is 0 Å². The van der Waals surface area contributed by atoms with Crippen molar-refractivity contribution in [2.24, 2.45) is 4.99 Å². The molecule has 10 heavy (non-hydrogen) atoms. The van der Waals surface area contributed by atoms with E-state index in [0.29, 0.717) is 6.29 Å². The van der Waals surface area contributed by atoms with E-state index in [4.69, 9.17) is 0 Å². The van der Waals surface area contributed by atoms with E-state index in [2.05, 4.69) is 4.99 Å². The van der Waals surface area contributed by atoms with E-state index in [1.54, 1.807) is 0 Å². The molecule has 4 nitrogen and oxygen atoms in total. The van der Waals surface area contributed by atoms with Gasteiger partial charge in [0.2, 0.25) is 0 Å². The molecule has 0 aliphatic carbocycles. The molecule has 1 atom stereocenters. The fraction of sp³-hybridized carbons (Fsp3) is 0. The van der Waals surface area contributed by atoms with Crippen LogP contribution in [0.15, 0.2) is 16.1 Å². The van der Waals surface area contributed by atoms with Crippen LogP contribution in [0.2, 0.25) is 0 Å². The van der Waals surface area contributed by atoms with Crippen molar-refractivity contribution in [2.45, 2.75) is 0 Å². The van der Waals surface area contributed by atoms with Crippen molar-refractivity contribution in [1.29, 1.82) is 0 Å². The van der Waals surface area contributed by atoms with Crippen molar-refractivity contribution in [1.82, 2.24) is 0 Å². The number of rotatable bonds is 1. The molecule has 0 saturated heterocycles. The Kier molecular flexibility index (Phi) is 2.13. The number of aldehydes is 1. The highest BCUT2D eigenvalue weighted by Gasteiger charge is 2.06. The fourth-order valence-electron chi connectivity index (χ4n) is 0.464. The largest absolute Gasteiger partial charge is 0.297 e. The first-order chi connectivity index (χ1) is 4.75. The second kappa shape index (κ2) is 2.89. The molecular formula is C4H3NO3S2. The first-order valence-electron chi connectivity index (χ1n) is 2.27. The van der Waals surface area contributed by atoms with E-state index in [-0.39, 0.29) is 4.91 Å². The molecule has 1 aliphatic heterocycles. The van der Waals surface area contributed by atoms with Gasteiger partial charge < -0.3 is 0 Å². The molecule has 0 saturated carbocycles. The summed E-state index contributed by atoms with van der Waals surface area (Å²) in [5.41, 5.74) is 1.24. The summed E-state index contributed by atoms with van der Waals surface area (Å²) in [6, 6.07) is 0. The lowest BCUT2D eigenvalue weighted by Crippen LogP contribution is -1.92. The lowest BCUT2D eigenvalue weighted by atomic mass is 10.7. The summed E-state index contributed by atoms with van der Waals surface area (Å²) in [6.07, 6.45) is 1.76. The monoisotopic (exact) mass is 177 g/mol. The molecule has 0 spiro atoms. The molecule has 1 heterocycles. The maximum atomic E-state index is 10.3. The average molecular weight is 177 g/mol. The van der Waals surface area contributed by atoms with E-state index in [9.17, 15) is 13.2 Å². The number of carbonyl (C=O) groups excluding carboxylic acids is 1. The summed E-state index contributed by atoms with van der Waals surface area (Å²) in [7, 11) is -3.34. The molecule has 6 heteroatoms. The first kappa shape index (κ1) is 7.36. The summed E-state index contributed by atoms with van der Waals surface area (Å²) in [5, 5.41) is 0. The third-order valence-corrected chi connectivity index (χ3v) is 3.84. The van der Waals surface area contributed by atoms with Crippen LogP contribution in [0.25, 0.3) is 0 Å². The van der Waals surface area contributed by atoms with Crippen LogP contribution in [0, 0.1) is 0 Å². The van der Waals surface area contributed by atoms with Gasteiger partial charge in [-0.05, 0) is 0 Å². The molecule has 0 bridgehead atoms. The maximum absolute atomic E-state index is 10.3. The number of hydrogen-bond donors (Lipinski definition) is 0. The second-order valence-corrected chi connectivity index (χ2v) is 4.98. The van der Waals surface area contributed by atoms with E-state index in [0.717, 1.165) is 0 Å². The van der Waals surface area contributed by atoms with Crippen LogP contribution in [-0.4, -0.2) is 20.3 Å². The van der Waals surface area contributed by atoms with Crippen LogP contribution in [0.3, 0.4) is 0 Å². The minimum Gasteiger partial charge on any atom is -0.297 e.